The molecule has 0 radical (unpaired) electrons. The Morgan fingerprint density at radius 2 is 2.30 bits per heavy atom. The highest BCUT2D eigenvalue weighted by atomic mass is 35.5. The highest BCUT2D eigenvalue weighted by molar-refractivity contribution is 7.07. The Labute approximate surface area is 126 Å². The van der Waals surface area contributed by atoms with Crippen LogP contribution in [0.1, 0.15) is 12.5 Å². The van der Waals surface area contributed by atoms with E-state index in [0.717, 1.165) is 10.4 Å². The van der Waals surface area contributed by atoms with Gasteiger partial charge in [-0.25, -0.2) is 4.99 Å². The number of carbonyl (C=O) groups excluding carboxylic acids is 1. The van der Waals surface area contributed by atoms with E-state index < -0.39 is 0 Å². The molecule has 2 rings (SSSR count). The van der Waals surface area contributed by atoms with Gasteiger partial charge >= 0.3 is 5.97 Å². The van der Waals surface area contributed by atoms with Gasteiger partial charge in [-0.2, -0.15) is 0 Å². The number of ether oxygens (including phenoxy) is 1. The smallest absolute Gasteiger partial charge is 0.310 e. The van der Waals surface area contributed by atoms with Gasteiger partial charge in [-0.15, -0.1) is 11.3 Å². The van der Waals surface area contributed by atoms with E-state index in [-0.39, 0.29) is 12.4 Å². The number of rotatable bonds is 4. The average Bonchev–Trinajstić information content (AvgIpc) is 2.79. The summed E-state index contributed by atoms with van der Waals surface area (Å²) in [6.07, 6.45) is 2.16. The number of thiazole rings is 1. The molecule has 0 aliphatic heterocycles. The second kappa shape index (κ2) is 6.72. The highest BCUT2D eigenvalue weighted by Gasteiger charge is 2.07. The normalized spacial score (nSPS) is 11.7. The molecule has 0 unspecified atom stereocenters. The maximum atomic E-state index is 11.4. The van der Waals surface area contributed by atoms with Gasteiger partial charge in [0.05, 0.1) is 23.7 Å². The lowest BCUT2D eigenvalue weighted by Crippen LogP contribution is -2.08. The van der Waals surface area contributed by atoms with Crippen LogP contribution in [0.2, 0.25) is 5.02 Å². The Morgan fingerprint density at radius 1 is 1.50 bits per heavy atom. The fourth-order valence-corrected chi connectivity index (χ4v) is 2.66. The Kier molecular flexibility index (Phi) is 4.98. The van der Waals surface area contributed by atoms with E-state index in [1.54, 1.807) is 13.0 Å². The molecule has 1 aromatic carbocycles. The molecular weight excluding hydrogens is 296 g/mol. The van der Waals surface area contributed by atoms with Gasteiger partial charge in [0.2, 0.25) is 0 Å². The zero-order valence-corrected chi connectivity index (χ0v) is 12.9. The van der Waals surface area contributed by atoms with Gasteiger partial charge in [-0.1, -0.05) is 17.7 Å². The van der Waals surface area contributed by atoms with Crippen molar-refractivity contribution in [2.75, 3.05) is 6.61 Å². The molecule has 0 saturated heterocycles. The van der Waals surface area contributed by atoms with E-state index in [9.17, 15) is 4.79 Å². The molecule has 106 valence electrons. The minimum absolute atomic E-state index is 0.223. The zero-order valence-electron chi connectivity index (χ0n) is 11.3. The monoisotopic (exact) mass is 310 g/mol. The zero-order chi connectivity index (χ0) is 14.5. The molecule has 0 amide bonds. The van der Waals surface area contributed by atoms with E-state index in [1.165, 1.54) is 11.3 Å². The van der Waals surface area contributed by atoms with Crippen molar-refractivity contribution >= 4 is 34.6 Å². The van der Waals surface area contributed by atoms with Crippen LogP contribution in [0.4, 0.5) is 5.69 Å². The molecule has 20 heavy (non-hydrogen) atoms. The Hall–Kier alpha value is -1.59. The summed E-state index contributed by atoms with van der Waals surface area (Å²) in [7, 11) is 1.93. The van der Waals surface area contributed by atoms with Crippen molar-refractivity contribution in [1.29, 1.82) is 0 Å². The van der Waals surface area contributed by atoms with E-state index in [0.29, 0.717) is 17.3 Å². The van der Waals surface area contributed by atoms with Gasteiger partial charge in [0, 0.05) is 18.6 Å². The summed E-state index contributed by atoms with van der Waals surface area (Å²) in [5.74, 6) is -0.252. The van der Waals surface area contributed by atoms with Crippen molar-refractivity contribution in [3.63, 3.8) is 0 Å². The van der Waals surface area contributed by atoms with Crippen LogP contribution in [0.15, 0.2) is 34.8 Å². The summed E-state index contributed by atoms with van der Waals surface area (Å²) in [5.41, 5.74) is 1.51. The number of esters is 1. The average molecular weight is 311 g/mol. The van der Waals surface area contributed by atoms with Crippen LogP contribution < -0.4 is 4.80 Å². The molecule has 4 nitrogen and oxygen atoms in total. The topological polar surface area (TPSA) is 43.6 Å². The van der Waals surface area contributed by atoms with Crippen LogP contribution in [0.25, 0.3) is 0 Å². The van der Waals surface area contributed by atoms with Crippen molar-refractivity contribution in [1.82, 2.24) is 4.57 Å². The van der Waals surface area contributed by atoms with Crippen molar-refractivity contribution < 1.29 is 9.53 Å². The third kappa shape index (κ3) is 3.71. The first-order valence-electron chi connectivity index (χ1n) is 6.19. The van der Waals surface area contributed by atoms with Gasteiger partial charge in [0.1, 0.15) is 0 Å². The first-order chi connectivity index (χ1) is 9.60. The molecule has 0 aliphatic carbocycles. The molecule has 2 aromatic rings. The lowest BCUT2D eigenvalue weighted by atomic mass is 10.1. The number of hydrogen-bond donors (Lipinski definition) is 0. The number of carbonyl (C=O) groups is 1. The molecule has 6 heteroatoms. The van der Waals surface area contributed by atoms with Gasteiger partial charge in [0.25, 0.3) is 0 Å². The minimum Gasteiger partial charge on any atom is -0.466 e. The summed E-state index contributed by atoms with van der Waals surface area (Å²) in [6, 6.07) is 5.41. The van der Waals surface area contributed by atoms with E-state index >= 15 is 0 Å². The van der Waals surface area contributed by atoms with Crippen LogP contribution in [-0.2, 0) is 23.0 Å². The van der Waals surface area contributed by atoms with Crippen LogP contribution >= 0.6 is 22.9 Å². The lowest BCUT2D eigenvalue weighted by molar-refractivity contribution is -0.142. The van der Waals surface area contributed by atoms with Crippen LogP contribution in [0, 0.1) is 0 Å². The number of benzene rings is 1. The molecule has 0 atom stereocenters. The number of aromatic nitrogens is 1. The fraction of sp³-hybridized carbons (Fsp3) is 0.286. The predicted octanol–water partition coefficient (Wildman–Crippen LogP) is 3.08. The molecule has 0 bridgehead atoms. The maximum Gasteiger partial charge on any atom is 0.310 e. The lowest BCUT2D eigenvalue weighted by Gasteiger charge is -2.04. The molecule has 1 aromatic heterocycles. The summed E-state index contributed by atoms with van der Waals surface area (Å²) in [6.45, 7) is 2.17. The van der Waals surface area contributed by atoms with Crippen molar-refractivity contribution in [3.05, 3.63) is 45.2 Å². The van der Waals surface area contributed by atoms with Crippen molar-refractivity contribution in [2.45, 2.75) is 13.3 Å². The predicted molar refractivity (Wildman–Crippen MR) is 80.3 cm³/mol. The summed E-state index contributed by atoms with van der Waals surface area (Å²) >= 11 is 7.75. The summed E-state index contributed by atoms with van der Waals surface area (Å²) in [5, 5.41) is 2.49. The molecular formula is C14H15ClN2O2S. The molecule has 0 aliphatic rings. The molecule has 1 heterocycles. The van der Waals surface area contributed by atoms with E-state index in [4.69, 9.17) is 16.3 Å². The van der Waals surface area contributed by atoms with Crippen molar-refractivity contribution in [2.24, 2.45) is 12.0 Å². The SMILES string of the molecule is CCOC(=O)Cc1ccc(N=c2sccn2C)c(Cl)c1. The fourth-order valence-electron chi connectivity index (χ4n) is 1.67. The summed E-state index contributed by atoms with van der Waals surface area (Å²) < 4.78 is 6.83. The number of hydrogen-bond acceptors (Lipinski definition) is 4. The number of nitrogens with zero attached hydrogens (tertiary/aromatic N) is 2. The van der Waals surface area contributed by atoms with Crippen LogP contribution in [0.3, 0.4) is 0 Å². The Bertz CT molecular complexity index is 676. The second-order valence-corrected chi connectivity index (χ2v) is 5.46. The van der Waals surface area contributed by atoms with E-state index in [2.05, 4.69) is 4.99 Å². The van der Waals surface area contributed by atoms with Gasteiger partial charge in [-0.3, -0.25) is 4.79 Å². The largest absolute Gasteiger partial charge is 0.466 e. The highest BCUT2D eigenvalue weighted by Crippen LogP contribution is 2.25. The molecule has 0 N–H and O–H groups in total. The molecule has 0 saturated carbocycles. The maximum absolute atomic E-state index is 11.4. The first kappa shape index (κ1) is 14.8. The Morgan fingerprint density at radius 3 is 2.90 bits per heavy atom. The molecule has 0 fully saturated rings. The van der Waals surface area contributed by atoms with Crippen molar-refractivity contribution in [3.8, 4) is 0 Å². The first-order valence-corrected chi connectivity index (χ1v) is 7.45. The third-order valence-electron chi connectivity index (χ3n) is 2.64. The van der Waals surface area contributed by atoms with E-state index in [1.807, 2.05) is 35.3 Å². The van der Waals surface area contributed by atoms with Gasteiger partial charge in [-0.05, 0) is 24.6 Å². The van der Waals surface area contributed by atoms with Gasteiger partial charge < -0.3 is 9.30 Å². The standard InChI is InChI=1S/C14H15ClN2O2S/c1-3-19-13(18)9-10-4-5-12(11(15)8-10)16-14-17(2)6-7-20-14/h4-8H,3,9H2,1-2H3. The minimum atomic E-state index is -0.252. The van der Waals surface area contributed by atoms with Crippen LogP contribution in [-0.4, -0.2) is 17.1 Å². The Balaban J connectivity index is 2.23. The molecule has 0 spiro atoms. The van der Waals surface area contributed by atoms with Gasteiger partial charge in [0.15, 0.2) is 4.80 Å². The number of halogens is 1. The second-order valence-electron chi connectivity index (χ2n) is 4.18. The third-order valence-corrected chi connectivity index (χ3v) is 3.79. The van der Waals surface area contributed by atoms with Crippen LogP contribution in [0.5, 0.6) is 0 Å². The summed E-state index contributed by atoms with van der Waals surface area (Å²) in [4.78, 5) is 16.8. The quantitative estimate of drug-likeness (QED) is 0.815. The number of aryl methyl sites for hydroxylation is 1.